The van der Waals surface area contributed by atoms with Gasteiger partial charge in [0, 0.05) is 6.42 Å². The van der Waals surface area contributed by atoms with E-state index < -0.39 is 0 Å². The molecule has 0 N–H and O–H groups in total. The summed E-state index contributed by atoms with van der Waals surface area (Å²) in [7, 11) is 0.726. The van der Waals surface area contributed by atoms with Gasteiger partial charge in [-0.1, -0.05) is 13.8 Å². The fraction of sp³-hybridized carbons (Fsp3) is 1.00. The molecule has 0 bridgehead atoms. The second-order valence-corrected chi connectivity index (χ2v) is 8.06. The van der Waals surface area contributed by atoms with E-state index in [2.05, 4.69) is 34.6 Å². The van der Waals surface area contributed by atoms with Crippen molar-refractivity contribution in [2.75, 3.05) is 43.4 Å². The predicted octanol–water partition coefficient (Wildman–Crippen LogP) is 4.08. The van der Waals surface area contributed by atoms with Crippen LogP contribution < -0.4 is 0 Å². The lowest BCUT2D eigenvalue weighted by atomic mass is 10.2. The van der Waals surface area contributed by atoms with Crippen molar-refractivity contribution >= 4 is 10.9 Å². The molecule has 0 spiro atoms. The van der Waals surface area contributed by atoms with Crippen molar-refractivity contribution in [2.24, 2.45) is 0 Å². The maximum atomic E-state index is 2.37. The van der Waals surface area contributed by atoms with E-state index in [1.165, 1.54) is 73.6 Å². The normalized spacial score (nSPS) is 13.8. The zero-order valence-corrected chi connectivity index (χ0v) is 14.5. The third kappa shape index (κ3) is 7.04. The molecule has 18 heavy (non-hydrogen) atoms. The third-order valence-corrected chi connectivity index (χ3v) is 6.92. The van der Waals surface area contributed by atoms with Crippen molar-refractivity contribution in [3.8, 4) is 0 Å². The maximum absolute atomic E-state index is 2.37. The van der Waals surface area contributed by atoms with E-state index in [1.54, 1.807) is 0 Å². The number of rotatable bonds is 12. The Morgan fingerprint density at radius 2 is 1.39 bits per heavy atom. The van der Waals surface area contributed by atoms with Crippen LogP contribution in [0.1, 0.15) is 60.3 Å². The van der Waals surface area contributed by atoms with Crippen molar-refractivity contribution in [1.82, 2.24) is 0 Å². The molecule has 0 aliphatic heterocycles. The van der Waals surface area contributed by atoms with Crippen molar-refractivity contribution in [1.29, 1.82) is 0 Å². The van der Waals surface area contributed by atoms with Gasteiger partial charge in [0.2, 0.25) is 0 Å². The second-order valence-electron chi connectivity index (χ2n) is 5.44. The standard InChI is InChI=1S/C16H37NS/c1-6-13-17(8-3,9-4)14-11-12-16-18(10-5)15-7-2/h6-16H2,1-5H3/q+2. The van der Waals surface area contributed by atoms with Crippen LogP contribution in [0.2, 0.25) is 0 Å². The summed E-state index contributed by atoms with van der Waals surface area (Å²) in [5.74, 6) is 4.36. The van der Waals surface area contributed by atoms with Gasteiger partial charge in [-0.05, 0) is 50.9 Å². The molecule has 2 heteroatoms. The molecular weight excluding hydrogens is 238 g/mol. The van der Waals surface area contributed by atoms with Gasteiger partial charge < -0.3 is 4.48 Å². The first-order chi connectivity index (χ1) is 8.67. The Labute approximate surface area is 119 Å². The quantitative estimate of drug-likeness (QED) is 0.286. The van der Waals surface area contributed by atoms with Crippen molar-refractivity contribution in [2.45, 2.75) is 60.3 Å². The first-order valence-electron chi connectivity index (χ1n) is 8.17. The molecule has 1 atom stereocenters. The van der Waals surface area contributed by atoms with Gasteiger partial charge in [-0.15, -0.1) is 0 Å². The van der Waals surface area contributed by atoms with Crippen LogP contribution in [-0.2, 0) is 10.9 Å². The first kappa shape index (κ1) is 18.3. The molecule has 0 aromatic rings. The molecule has 0 radical (unpaired) electrons. The first-order valence-corrected chi connectivity index (χ1v) is 9.90. The van der Waals surface area contributed by atoms with Gasteiger partial charge in [0.05, 0.1) is 26.2 Å². The topological polar surface area (TPSA) is 0 Å². The van der Waals surface area contributed by atoms with E-state index in [1.807, 2.05) is 0 Å². The van der Waals surface area contributed by atoms with Gasteiger partial charge in [0.1, 0.15) is 17.3 Å². The Bertz CT molecular complexity index is 178. The molecule has 0 aromatic heterocycles. The summed E-state index contributed by atoms with van der Waals surface area (Å²) in [4.78, 5) is 0. The van der Waals surface area contributed by atoms with Crippen molar-refractivity contribution in [3.63, 3.8) is 0 Å². The van der Waals surface area contributed by atoms with Crippen LogP contribution in [0.3, 0.4) is 0 Å². The van der Waals surface area contributed by atoms with Crippen LogP contribution in [0.25, 0.3) is 0 Å². The lowest BCUT2D eigenvalue weighted by molar-refractivity contribution is -0.925. The number of nitrogens with zero attached hydrogens (tertiary/aromatic N) is 1. The van der Waals surface area contributed by atoms with E-state index in [4.69, 9.17) is 0 Å². The van der Waals surface area contributed by atoms with Gasteiger partial charge in [-0.25, -0.2) is 0 Å². The van der Waals surface area contributed by atoms with Crippen LogP contribution in [0, 0.1) is 0 Å². The summed E-state index contributed by atoms with van der Waals surface area (Å²) in [6.45, 7) is 17.2. The molecule has 0 aliphatic rings. The minimum absolute atomic E-state index is 0.726. The maximum Gasteiger partial charge on any atom is 0.108 e. The molecule has 0 amide bonds. The van der Waals surface area contributed by atoms with E-state index in [0.717, 1.165) is 10.9 Å². The Morgan fingerprint density at radius 1 is 0.722 bits per heavy atom. The summed E-state index contributed by atoms with van der Waals surface area (Å²) < 4.78 is 1.35. The number of quaternary nitrogens is 1. The molecule has 0 aromatic carbocycles. The van der Waals surface area contributed by atoms with Gasteiger partial charge >= 0.3 is 0 Å². The highest BCUT2D eigenvalue weighted by atomic mass is 32.2. The summed E-state index contributed by atoms with van der Waals surface area (Å²) in [6.07, 6.45) is 5.60. The highest BCUT2D eigenvalue weighted by Gasteiger charge is 2.22. The molecule has 1 unspecified atom stereocenters. The van der Waals surface area contributed by atoms with E-state index in [9.17, 15) is 0 Å². The highest BCUT2D eigenvalue weighted by molar-refractivity contribution is 7.96. The fourth-order valence-corrected chi connectivity index (χ4v) is 4.85. The molecule has 0 saturated carbocycles. The molecule has 0 saturated heterocycles. The Hall–Kier alpha value is 0.310. The minimum Gasteiger partial charge on any atom is -0.324 e. The summed E-state index contributed by atoms with van der Waals surface area (Å²) in [5.41, 5.74) is 0. The third-order valence-electron chi connectivity index (χ3n) is 4.26. The van der Waals surface area contributed by atoms with Crippen molar-refractivity contribution in [3.05, 3.63) is 0 Å². The Balaban J connectivity index is 3.91. The van der Waals surface area contributed by atoms with E-state index >= 15 is 0 Å². The zero-order chi connectivity index (χ0) is 13.9. The SMILES string of the molecule is CCC[S+](CC)CCCC[N+](CC)(CC)CCC. The zero-order valence-electron chi connectivity index (χ0n) is 13.6. The van der Waals surface area contributed by atoms with Crippen LogP contribution in [0.5, 0.6) is 0 Å². The van der Waals surface area contributed by atoms with E-state index in [0.29, 0.717) is 0 Å². The minimum atomic E-state index is 0.726. The van der Waals surface area contributed by atoms with Crippen LogP contribution in [0.4, 0.5) is 0 Å². The summed E-state index contributed by atoms with van der Waals surface area (Å²) >= 11 is 0. The van der Waals surface area contributed by atoms with Gasteiger partial charge in [0.15, 0.2) is 0 Å². The average molecular weight is 276 g/mol. The van der Waals surface area contributed by atoms with Crippen LogP contribution in [-0.4, -0.2) is 47.9 Å². The monoisotopic (exact) mass is 275 g/mol. The van der Waals surface area contributed by atoms with Gasteiger partial charge in [-0.2, -0.15) is 0 Å². The second kappa shape index (κ2) is 11.2. The Morgan fingerprint density at radius 3 is 1.83 bits per heavy atom. The highest BCUT2D eigenvalue weighted by Crippen LogP contribution is 2.12. The molecular formula is C16H37NS+2. The lowest BCUT2D eigenvalue weighted by Crippen LogP contribution is -2.48. The van der Waals surface area contributed by atoms with Gasteiger partial charge in [0.25, 0.3) is 0 Å². The van der Waals surface area contributed by atoms with Crippen LogP contribution >= 0.6 is 0 Å². The largest absolute Gasteiger partial charge is 0.324 e. The van der Waals surface area contributed by atoms with Crippen molar-refractivity contribution < 1.29 is 4.48 Å². The number of unbranched alkanes of at least 4 members (excludes halogenated alkanes) is 1. The van der Waals surface area contributed by atoms with E-state index in [-0.39, 0.29) is 0 Å². The predicted molar refractivity (Wildman–Crippen MR) is 88.5 cm³/mol. The average Bonchev–Trinajstić information content (AvgIpc) is 2.41. The molecule has 0 fully saturated rings. The smallest absolute Gasteiger partial charge is 0.108 e. The number of hydrogen-bond donors (Lipinski definition) is 0. The molecule has 1 nitrogen and oxygen atoms in total. The summed E-state index contributed by atoms with van der Waals surface area (Å²) in [6, 6.07) is 0. The molecule has 0 rings (SSSR count). The summed E-state index contributed by atoms with van der Waals surface area (Å²) in [5, 5.41) is 0. The number of hydrogen-bond acceptors (Lipinski definition) is 0. The lowest BCUT2D eigenvalue weighted by Gasteiger charge is -2.36. The molecule has 110 valence electrons. The molecule has 0 aliphatic carbocycles. The van der Waals surface area contributed by atoms with Crippen LogP contribution in [0.15, 0.2) is 0 Å². The van der Waals surface area contributed by atoms with Gasteiger partial charge in [-0.3, -0.25) is 0 Å². The fourth-order valence-electron chi connectivity index (χ4n) is 2.88. The molecule has 0 heterocycles. The Kier molecular flexibility index (Phi) is 11.4.